The van der Waals surface area contributed by atoms with Crippen molar-refractivity contribution in [2.45, 2.75) is 33.1 Å². The zero-order valence-corrected chi connectivity index (χ0v) is 13.3. The highest BCUT2D eigenvalue weighted by atomic mass is 32.1. The summed E-state index contributed by atoms with van der Waals surface area (Å²) in [5.41, 5.74) is 9.93. The van der Waals surface area contributed by atoms with E-state index < -0.39 is 0 Å². The zero-order valence-electron chi connectivity index (χ0n) is 12.5. The highest BCUT2D eigenvalue weighted by Crippen LogP contribution is 2.41. The van der Waals surface area contributed by atoms with E-state index >= 15 is 0 Å². The summed E-state index contributed by atoms with van der Waals surface area (Å²) in [6.07, 6.45) is 0.823. The predicted octanol–water partition coefficient (Wildman–Crippen LogP) is 3.56. The number of likely N-dealkylation sites (N-methyl/N-ethyl adjacent to an activating group) is 1. The summed E-state index contributed by atoms with van der Waals surface area (Å²) >= 11 is 1.50. The summed E-state index contributed by atoms with van der Waals surface area (Å²) in [5, 5.41) is 0.585. The molecule has 1 aromatic carbocycles. The molecule has 110 valence electrons. The molecule has 2 aromatic rings. The number of carbonyl (C=O) groups excluding carboxylic acids is 1. The van der Waals surface area contributed by atoms with Gasteiger partial charge in [0.2, 0.25) is 5.91 Å². The maximum Gasteiger partial charge on any atom is 0.234 e. The Bertz CT molecular complexity index is 708. The number of nitrogens with zero attached hydrogens (tertiary/aromatic N) is 2. The van der Waals surface area contributed by atoms with Gasteiger partial charge in [0.15, 0.2) is 5.13 Å². The second kappa shape index (κ2) is 5.15. The number of benzene rings is 1. The first-order chi connectivity index (χ1) is 10.1. The number of aryl methyl sites for hydroxylation is 1. The third-order valence-corrected chi connectivity index (χ3v) is 4.87. The summed E-state index contributed by atoms with van der Waals surface area (Å²) in [6.45, 7) is 6.81. The highest BCUT2D eigenvalue weighted by molar-refractivity contribution is 7.15. The van der Waals surface area contributed by atoms with E-state index in [0.29, 0.717) is 11.7 Å². The number of aromatic nitrogens is 1. The van der Waals surface area contributed by atoms with Crippen molar-refractivity contribution in [2.24, 2.45) is 0 Å². The molecule has 21 heavy (non-hydrogen) atoms. The molecule has 0 saturated carbocycles. The maximum atomic E-state index is 12.4. The van der Waals surface area contributed by atoms with Crippen LogP contribution >= 0.6 is 11.3 Å². The van der Waals surface area contributed by atoms with Crippen molar-refractivity contribution in [3.63, 3.8) is 0 Å². The fraction of sp³-hybridized carbons (Fsp3) is 0.375. The van der Waals surface area contributed by atoms with Crippen LogP contribution in [0.25, 0.3) is 11.3 Å². The minimum atomic E-state index is -0.0313. The Morgan fingerprint density at radius 2 is 2.14 bits per heavy atom. The van der Waals surface area contributed by atoms with Gasteiger partial charge in [0, 0.05) is 22.7 Å². The first-order valence-corrected chi connectivity index (χ1v) is 8.07. The molecule has 1 aromatic heterocycles. The molecule has 5 heteroatoms. The van der Waals surface area contributed by atoms with Crippen molar-refractivity contribution in [3.8, 4) is 11.3 Å². The van der Waals surface area contributed by atoms with E-state index in [9.17, 15) is 4.79 Å². The van der Waals surface area contributed by atoms with Crippen LogP contribution in [0, 0.1) is 6.92 Å². The van der Waals surface area contributed by atoms with Gasteiger partial charge in [0.25, 0.3) is 0 Å². The largest absolute Gasteiger partial charge is 0.375 e. The van der Waals surface area contributed by atoms with Crippen molar-refractivity contribution in [1.29, 1.82) is 0 Å². The van der Waals surface area contributed by atoms with Gasteiger partial charge in [0.05, 0.1) is 11.6 Å². The molecule has 0 spiro atoms. The van der Waals surface area contributed by atoms with Gasteiger partial charge in [-0.3, -0.25) is 4.79 Å². The van der Waals surface area contributed by atoms with Crippen molar-refractivity contribution in [2.75, 3.05) is 17.2 Å². The Morgan fingerprint density at radius 1 is 1.38 bits per heavy atom. The topological polar surface area (TPSA) is 59.2 Å². The fourth-order valence-electron chi connectivity index (χ4n) is 3.07. The Labute approximate surface area is 128 Å². The molecule has 0 aliphatic carbocycles. The Kier molecular flexibility index (Phi) is 3.45. The van der Waals surface area contributed by atoms with Crippen LogP contribution in [0.3, 0.4) is 0 Å². The lowest BCUT2D eigenvalue weighted by atomic mass is 9.95. The minimum absolute atomic E-state index is 0.0313. The number of nitrogen functional groups attached to an aromatic ring is 1. The van der Waals surface area contributed by atoms with Crippen LogP contribution in [-0.2, 0) is 4.79 Å². The smallest absolute Gasteiger partial charge is 0.234 e. The van der Waals surface area contributed by atoms with Crippen LogP contribution < -0.4 is 10.6 Å². The number of fused-ring (bicyclic) bond motifs is 1. The van der Waals surface area contributed by atoms with E-state index in [2.05, 4.69) is 18.0 Å². The van der Waals surface area contributed by atoms with Gasteiger partial charge in [-0.2, -0.15) is 0 Å². The number of hydrogen-bond donors (Lipinski definition) is 1. The lowest BCUT2D eigenvalue weighted by molar-refractivity contribution is -0.119. The van der Waals surface area contributed by atoms with E-state index in [1.807, 2.05) is 30.9 Å². The first kappa shape index (κ1) is 14.1. The van der Waals surface area contributed by atoms with Crippen molar-refractivity contribution in [3.05, 3.63) is 28.6 Å². The van der Waals surface area contributed by atoms with Gasteiger partial charge in [-0.15, -0.1) is 11.3 Å². The second-order valence-corrected chi connectivity index (χ2v) is 6.51. The Hall–Kier alpha value is -1.88. The minimum Gasteiger partial charge on any atom is -0.375 e. The van der Waals surface area contributed by atoms with Gasteiger partial charge in [-0.25, -0.2) is 4.98 Å². The van der Waals surface area contributed by atoms with Crippen molar-refractivity contribution >= 4 is 28.1 Å². The molecule has 4 nitrogen and oxygen atoms in total. The van der Waals surface area contributed by atoms with Gasteiger partial charge in [-0.05, 0) is 38.0 Å². The normalized spacial score (nSPS) is 17.4. The molecule has 0 fully saturated rings. The second-order valence-electron chi connectivity index (χ2n) is 5.27. The maximum absolute atomic E-state index is 12.4. The van der Waals surface area contributed by atoms with E-state index in [1.54, 1.807) is 0 Å². The molecule has 2 heterocycles. The number of hydrogen-bond acceptors (Lipinski definition) is 4. The lowest BCUT2D eigenvalue weighted by Crippen LogP contribution is -2.28. The van der Waals surface area contributed by atoms with Gasteiger partial charge >= 0.3 is 0 Å². The number of thiazole rings is 1. The van der Waals surface area contributed by atoms with Crippen LogP contribution in [0.1, 0.15) is 36.6 Å². The number of nitrogens with two attached hydrogens (primary N) is 1. The van der Waals surface area contributed by atoms with Crippen LogP contribution in [0.2, 0.25) is 0 Å². The molecular weight excluding hydrogens is 282 g/mol. The number of anilines is 2. The summed E-state index contributed by atoms with van der Waals surface area (Å²) in [4.78, 5) is 19.8. The van der Waals surface area contributed by atoms with Crippen molar-refractivity contribution < 1.29 is 4.79 Å². The third-order valence-electron chi connectivity index (χ3n) is 4.07. The van der Waals surface area contributed by atoms with E-state index in [0.717, 1.165) is 33.8 Å². The predicted molar refractivity (Wildman–Crippen MR) is 87.8 cm³/mol. The molecule has 0 radical (unpaired) electrons. The van der Waals surface area contributed by atoms with E-state index in [4.69, 9.17) is 5.73 Å². The summed E-state index contributed by atoms with van der Waals surface area (Å²) in [5.74, 6) is 0.179. The van der Waals surface area contributed by atoms with Gasteiger partial charge < -0.3 is 10.6 Å². The molecule has 1 aliphatic rings. The summed E-state index contributed by atoms with van der Waals surface area (Å²) in [6, 6.07) is 6.18. The Balaban J connectivity index is 2.12. The molecule has 1 aliphatic heterocycles. The zero-order chi connectivity index (χ0) is 15.1. The fourth-order valence-corrected chi connectivity index (χ4v) is 3.78. The average Bonchev–Trinajstić information content (AvgIpc) is 2.93. The van der Waals surface area contributed by atoms with E-state index in [1.165, 1.54) is 11.3 Å². The molecule has 3 rings (SSSR count). The van der Waals surface area contributed by atoms with Crippen LogP contribution in [0.15, 0.2) is 18.2 Å². The van der Waals surface area contributed by atoms with Crippen LogP contribution in [0.5, 0.6) is 0 Å². The molecule has 0 bridgehead atoms. The summed E-state index contributed by atoms with van der Waals surface area (Å²) in [7, 11) is 0. The molecule has 1 amide bonds. The van der Waals surface area contributed by atoms with Crippen LogP contribution in [-0.4, -0.2) is 17.4 Å². The van der Waals surface area contributed by atoms with Crippen LogP contribution in [0.4, 0.5) is 10.8 Å². The standard InChI is InChI=1S/C16H19N3OS/c1-4-11-12-8-10(14-9(3)21-16(17)18-14)6-7-13(12)19(5-2)15(11)20/h6-8,11H,4-5H2,1-3H3,(H2,17,18). The molecule has 1 atom stereocenters. The quantitative estimate of drug-likeness (QED) is 0.943. The molecule has 0 saturated heterocycles. The Morgan fingerprint density at radius 3 is 2.71 bits per heavy atom. The first-order valence-electron chi connectivity index (χ1n) is 7.25. The molecular formula is C16H19N3OS. The van der Waals surface area contributed by atoms with E-state index in [-0.39, 0.29) is 11.8 Å². The molecule has 2 N–H and O–H groups in total. The average molecular weight is 301 g/mol. The number of rotatable bonds is 3. The van der Waals surface area contributed by atoms with Gasteiger partial charge in [0.1, 0.15) is 0 Å². The van der Waals surface area contributed by atoms with Gasteiger partial charge in [-0.1, -0.05) is 13.0 Å². The number of carbonyl (C=O) groups is 1. The van der Waals surface area contributed by atoms with Crippen molar-refractivity contribution in [1.82, 2.24) is 4.98 Å². The monoisotopic (exact) mass is 301 g/mol. The number of amides is 1. The third kappa shape index (κ3) is 2.12. The molecule has 1 unspecified atom stereocenters. The SMILES string of the molecule is CCC1C(=O)N(CC)c2ccc(-c3nc(N)sc3C)cc21. The summed E-state index contributed by atoms with van der Waals surface area (Å²) < 4.78 is 0. The lowest BCUT2D eigenvalue weighted by Gasteiger charge is -2.15. The highest BCUT2D eigenvalue weighted by Gasteiger charge is 2.35.